The van der Waals surface area contributed by atoms with Crippen LogP contribution >= 0.6 is 0 Å². The molecule has 0 radical (unpaired) electrons. The van der Waals surface area contributed by atoms with Gasteiger partial charge in [0, 0.05) is 5.39 Å². The van der Waals surface area contributed by atoms with Gasteiger partial charge in [0.1, 0.15) is 12.1 Å². The molecule has 78 valence electrons. The van der Waals surface area contributed by atoms with Gasteiger partial charge in [0.05, 0.1) is 0 Å². The number of nitrogens with two attached hydrogens (primary N) is 1. The lowest BCUT2D eigenvalue weighted by molar-refractivity contribution is 0.0930. The smallest absolute Gasteiger partial charge is 0.269 e. The van der Waals surface area contributed by atoms with Crippen LogP contribution in [0.15, 0.2) is 24.3 Å². The van der Waals surface area contributed by atoms with Crippen LogP contribution in [0.3, 0.4) is 0 Å². The molecule has 0 unspecified atom stereocenters. The van der Waals surface area contributed by atoms with Crippen molar-refractivity contribution in [3.05, 3.63) is 30.0 Å². The average molecular weight is 205 g/mol. The van der Waals surface area contributed by atoms with Gasteiger partial charge in [0.2, 0.25) is 0 Å². The molecule has 1 amide bonds. The van der Waals surface area contributed by atoms with Gasteiger partial charge >= 0.3 is 0 Å². The summed E-state index contributed by atoms with van der Waals surface area (Å²) in [4.78, 5) is 17.7. The first kappa shape index (κ1) is 9.51. The molecule has 0 saturated carbocycles. The number of hydrogen-bond acceptors (Lipinski definition) is 3. The number of carbonyl (C=O) groups is 1. The Morgan fingerprint density at radius 3 is 2.93 bits per heavy atom. The Morgan fingerprint density at radius 2 is 2.27 bits per heavy atom. The lowest BCUT2D eigenvalue weighted by atomic mass is 10.2. The Hall–Kier alpha value is -2.04. The zero-order valence-corrected chi connectivity index (χ0v) is 8.30. The summed E-state index contributed by atoms with van der Waals surface area (Å²) in [7, 11) is 0. The van der Waals surface area contributed by atoms with Gasteiger partial charge in [-0.1, -0.05) is 23.0 Å². The summed E-state index contributed by atoms with van der Waals surface area (Å²) in [5.74, 6) is -0.551. The van der Waals surface area contributed by atoms with E-state index >= 15 is 0 Å². The van der Waals surface area contributed by atoms with Crippen molar-refractivity contribution >= 4 is 16.8 Å². The molecule has 0 fully saturated rings. The van der Waals surface area contributed by atoms with E-state index in [1.54, 1.807) is 6.07 Å². The van der Waals surface area contributed by atoms with Gasteiger partial charge in [-0.05, 0) is 13.0 Å². The summed E-state index contributed by atoms with van der Waals surface area (Å²) in [6.07, 6.45) is 0. The number of para-hydroxylation sites is 1. The van der Waals surface area contributed by atoms with Crippen LogP contribution in [0.25, 0.3) is 10.9 Å². The van der Waals surface area contributed by atoms with Gasteiger partial charge in [-0.2, -0.15) is 0 Å². The number of aromatic nitrogens is 2. The van der Waals surface area contributed by atoms with E-state index in [1.807, 2.05) is 25.1 Å². The van der Waals surface area contributed by atoms with Crippen LogP contribution in [0, 0.1) is 0 Å². The lowest BCUT2D eigenvalue weighted by Gasteiger charge is -2.01. The number of hydrogen-bond donors (Lipinski definition) is 1. The predicted molar refractivity (Wildman–Crippen MR) is 55.4 cm³/mol. The van der Waals surface area contributed by atoms with E-state index in [0.29, 0.717) is 12.0 Å². The van der Waals surface area contributed by atoms with Crippen LogP contribution in [-0.2, 0) is 0 Å². The average Bonchev–Trinajstić information content (AvgIpc) is 2.59. The molecule has 0 aliphatic rings. The van der Waals surface area contributed by atoms with Gasteiger partial charge in [0.15, 0.2) is 5.69 Å². The highest BCUT2D eigenvalue weighted by Gasteiger charge is 2.14. The molecule has 5 heteroatoms. The first-order chi connectivity index (χ1) is 7.24. The molecule has 1 aromatic heterocycles. The van der Waals surface area contributed by atoms with Crippen molar-refractivity contribution in [3.63, 3.8) is 0 Å². The highest BCUT2D eigenvalue weighted by atomic mass is 16.7. The highest BCUT2D eigenvalue weighted by Crippen LogP contribution is 2.16. The van der Waals surface area contributed by atoms with Crippen LogP contribution in [0.4, 0.5) is 0 Å². The molecule has 2 N–H and O–H groups in total. The number of benzene rings is 1. The quantitative estimate of drug-likeness (QED) is 0.796. The third-order valence-corrected chi connectivity index (χ3v) is 2.04. The first-order valence-corrected chi connectivity index (χ1v) is 4.65. The van der Waals surface area contributed by atoms with Crippen molar-refractivity contribution in [1.82, 2.24) is 9.94 Å². The fourth-order valence-electron chi connectivity index (χ4n) is 1.44. The predicted octanol–water partition coefficient (Wildman–Crippen LogP) is 0.584. The third-order valence-electron chi connectivity index (χ3n) is 2.04. The van der Waals surface area contributed by atoms with Crippen LogP contribution < -0.4 is 10.6 Å². The minimum Gasteiger partial charge on any atom is -0.396 e. The minimum absolute atomic E-state index is 0.235. The third kappa shape index (κ3) is 1.52. The van der Waals surface area contributed by atoms with Crippen LogP contribution in [0.1, 0.15) is 17.4 Å². The van der Waals surface area contributed by atoms with Gasteiger partial charge in [-0.15, -0.1) is 5.10 Å². The summed E-state index contributed by atoms with van der Waals surface area (Å²) in [5.41, 5.74) is 6.20. The van der Waals surface area contributed by atoms with Crippen LogP contribution in [-0.4, -0.2) is 22.5 Å². The van der Waals surface area contributed by atoms with E-state index in [2.05, 4.69) is 5.10 Å². The van der Waals surface area contributed by atoms with Gasteiger partial charge in [-0.3, -0.25) is 4.79 Å². The second-order valence-corrected chi connectivity index (χ2v) is 3.02. The number of amides is 1. The highest BCUT2D eigenvalue weighted by molar-refractivity contribution is 6.03. The van der Waals surface area contributed by atoms with Crippen molar-refractivity contribution in [1.29, 1.82) is 0 Å². The zero-order valence-electron chi connectivity index (χ0n) is 8.30. The van der Waals surface area contributed by atoms with E-state index < -0.39 is 5.91 Å². The van der Waals surface area contributed by atoms with Gasteiger partial charge in [-0.25, -0.2) is 0 Å². The van der Waals surface area contributed by atoms with Crippen LogP contribution in [0.5, 0.6) is 0 Å². The Bertz CT molecular complexity index is 504. The Balaban J connectivity index is 2.67. The lowest BCUT2D eigenvalue weighted by Crippen LogP contribution is -2.16. The molecular weight excluding hydrogens is 194 g/mol. The summed E-state index contributed by atoms with van der Waals surface area (Å²) >= 11 is 0. The molecule has 2 rings (SSSR count). The number of fused-ring (bicyclic) bond motifs is 1. The summed E-state index contributed by atoms with van der Waals surface area (Å²) in [6.45, 7) is 2.32. The minimum atomic E-state index is -0.551. The molecule has 0 aliphatic carbocycles. The second kappa shape index (κ2) is 3.61. The molecule has 2 aromatic rings. The number of carbonyl (C=O) groups excluding carboxylic acids is 1. The molecule has 0 bridgehead atoms. The first-order valence-electron chi connectivity index (χ1n) is 4.65. The van der Waals surface area contributed by atoms with E-state index in [9.17, 15) is 4.79 Å². The molecule has 15 heavy (non-hydrogen) atoms. The van der Waals surface area contributed by atoms with Gasteiger partial charge < -0.3 is 10.6 Å². The van der Waals surface area contributed by atoms with Crippen molar-refractivity contribution in [2.45, 2.75) is 6.92 Å². The molecule has 0 aliphatic heterocycles. The standard InChI is InChI=1S/C10H11N3O2/c1-2-15-13-8-6-4-3-5-7(8)9(12-13)10(11)14/h3-6H,2H2,1H3,(H2,11,14). The molecule has 0 spiro atoms. The monoisotopic (exact) mass is 205 g/mol. The molecule has 5 nitrogen and oxygen atoms in total. The maximum Gasteiger partial charge on any atom is 0.269 e. The fourth-order valence-corrected chi connectivity index (χ4v) is 1.44. The Kier molecular flexibility index (Phi) is 2.29. The normalized spacial score (nSPS) is 10.5. The molecular formula is C10H11N3O2. The number of rotatable bonds is 3. The second-order valence-electron chi connectivity index (χ2n) is 3.02. The van der Waals surface area contributed by atoms with Crippen LogP contribution in [0.2, 0.25) is 0 Å². The van der Waals surface area contributed by atoms with Crippen molar-refractivity contribution in [2.24, 2.45) is 5.73 Å². The molecule has 1 heterocycles. The largest absolute Gasteiger partial charge is 0.396 e. The Labute approximate surface area is 86.4 Å². The maximum absolute atomic E-state index is 11.1. The Morgan fingerprint density at radius 1 is 1.53 bits per heavy atom. The van der Waals surface area contributed by atoms with E-state index in [-0.39, 0.29) is 5.69 Å². The summed E-state index contributed by atoms with van der Waals surface area (Å²) in [6, 6.07) is 7.29. The fraction of sp³-hybridized carbons (Fsp3) is 0.200. The molecule has 1 aromatic carbocycles. The summed E-state index contributed by atoms with van der Waals surface area (Å²) < 4.78 is 0. The molecule has 0 saturated heterocycles. The van der Waals surface area contributed by atoms with E-state index in [4.69, 9.17) is 10.6 Å². The van der Waals surface area contributed by atoms with Gasteiger partial charge in [0.25, 0.3) is 5.91 Å². The van der Waals surface area contributed by atoms with E-state index in [1.165, 1.54) is 4.85 Å². The summed E-state index contributed by atoms with van der Waals surface area (Å²) in [5, 5.41) is 4.71. The maximum atomic E-state index is 11.1. The molecule has 0 atom stereocenters. The topological polar surface area (TPSA) is 70.1 Å². The van der Waals surface area contributed by atoms with Crippen molar-refractivity contribution < 1.29 is 9.63 Å². The van der Waals surface area contributed by atoms with E-state index in [0.717, 1.165) is 5.52 Å². The van der Waals surface area contributed by atoms with Crippen molar-refractivity contribution in [2.75, 3.05) is 6.61 Å². The number of nitrogens with zero attached hydrogens (tertiary/aromatic N) is 2. The zero-order chi connectivity index (χ0) is 10.8. The number of primary amides is 1. The SMILES string of the molecule is CCOn1nc(C(N)=O)c2ccccc21. The van der Waals surface area contributed by atoms with Crippen molar-refractivity contribution in [3.8, 4) is 0 Å².